The second-order valence-electron chi connectivity index (χ2n) is 7.60. The molecule has 3 rings (SSSR count). The van der Waals surface area contributed by atoms with Gasteiger partial charge in [0.15, 0.2) is 0 Å². The van der Waals surface area contributed by atoms with E-state index < -0.39 is 0 Å². The quantitative estimate of drug-likeness (QED) is 0.729. The molecule has 0 aliphatic heterocycles. The summed E-state index contributed by atoms with van der Waals surface area (Å²) in [4.78, 5) is 24.6. The van der Waals surface area contributed by atoms with Gasteiger partial charge in [-0.2, -0.15) is 0 Å². The van der Waals surface area contributed by atoms with Crippen molar-refractivity contribution in [1.82, 2.24) is 0 Å². The highest BCUT2D eigenvalue weighted by atomic mass is 16.5. The van der Waals surface area contributed by atoms with E-state index in [4.69, 9.17) is 9.47 Å². The van der Waals surface area contributed by atoms with E-state index in [1.165, 1.54) is 38.5 Å². The van der Waals surface area contributed by atoms with Crippen LogP contribution in [0.1, 0.15) is 83.5 Å². The zero-order valence-corrected chi connectivity index (χ0v) is 14.1. The Balaban J connectivity index is 1.41. The molecule has 130 valence electrons. The van der Waals surface area contributed by atoms with Gasteiger partial charge in [-0.1, -0.05) is 12.8 Å². The van der Waals surface area contributed by atoms with E-state index in [1.807, 2.05) is 0 Å². The summed E-state index contributed by atoms with van der Waals surface area (Å²) in [5, 5.41) is 0. The number of esters is 2. The van der Waals surface area contributed by atoms with Crippen LogP contribution in [0.5, 0.6) is 0 Å². The Morgan fingerprint density at radius 3 is 1.35 bits per heavy atom. The Hall–Kier alpha value is -1.06. The molecule has 0 heterocycles. The van der Waals surface area contributed by atoms with Crippen molar-refractivity contribution in [3.05, 3.63) is 0 Å². The number of hydrogen-bond donors (Lipinski definition) is 0. The van der Waals surface area contributed by atoms with Crippen molar-refractivity contribution in [3.8, 4) is 0 Å². The molecule has 2 atom stereocenters. The maximum Gasteiger partial charge on any atom is 0.309 e. The molecular formula is C19H30O4. The maximum atomic E-state index is 12.3. The summed E-state index contributed by atoms with van der Waals surface area (Å²) < 4.78 is 11.3. The SMILES string of the molecule is O=C(OC1CCCCC1)C1CCC(C(=O)OC2CCCCC2)C1. The van der Waals surface area contributed by atoms with Crippen molar-refractivity contribution in [3.63, 3.8) is 0 Å². The van der Waals surface area contributed by atoms with E-state index in [9.17, 15) is 9.59 Å². The summed E-state index contributed by atoms with van der Waals surface area (Å²) in [6, 6.07) is 0. The van der Waals surface area contributed by atoms with Gasteiger partial charge in [0.2, 0.25) is 0 Å². The fourth-order valence-electron chi connectivity index (χ4n) is 4.30. The summed E-state index contributed by atoms with van der Waals surface area (Å²) in [6.07, 6.45) is 13.6. The number of hydrogen-bond acceptors (Lipinski definition) is 4. The highest BCUT2D eigenvalue weighted by Gasteiger charge is 2.37. The summed E-state index contributed by atoms with van der Waals surface area (Å²) in [6.45, 7) is 0. The third-order valence-corrected chi connectivity index (χ3v) is 5.77. The summed E-state index contributed by atoms with van der Waals surface area (Å²) in [7, 11) is 0. The molecule has 0 N–H and O–H groups in total. The van der Waals surface area contributed by atoms with Crippen LogP contribution in [0.25, 0.3) is 0 Å². The van der Waals surface area contributed by atoms with Crippen molar-refractivity contribution in [2.75, 3.05) is 0 Å². The molecule has 0 aromatic rings. The molecule has 0 saturated heterocycles. The molecule has 3 aliphatic carbocycles. The van der Waals surface area contributed by atoms with Gasteiger partial charge in [0.1, 0.15) is 12.2 Å². The first-order chi connectivity index (χ1) is 11.2. The van der Waals surface area contributed by atoms with Gasteiger partial charge in [0.05, 0.1) is 11.8 Å². The predicted octanol–water partition coefficient (Wildman–Crippen LogP) is 4.15. The van der Waals surface area contributed by atoms with E-state index in [1.54, 1.807) is 0 Å². The van der Waals surface area contributed by atoms with Crippen molar-refractivity contribution in [2.24, 2.45) is 11.8 Å². The topological polar surface area (TPSA) is 52.6 Å². The molecule has 0 bridgehead atoms. The zero-order chi connectivity index (χ0) is 16.1. The minimum absolute atomic E-state index is 0.0788. The van der Waals surface area contributed by atoms with Gasteiger partial charge in [-0.05, 0) is 70.6 Å². The molecule has 0 amide bonds. The first-order valence-corrected chi connectivity index (χ1v) is 9.63. The number of ether oxygens (including phenoxy) is 2. The van der Waals surface area contributed by atoms with Crippen LogP contribution in [0.3, 0.4) is 0 Å². The van der Waals surface area contributed by atoms with Gasteiger partial charge < -0.3 is 9.47 Å². The van der Waals surface area contributed by atoms with Crippen LogP contribution in [-0.4, -0.2) is 24.1 Å². The van der Waals surface area contributed by atoms with E-state index in [0.717, 1.165) is 38.5 Å². The van der Waals surface area contributed by atoms with E-state index in [0.29, 0.717) is 6.42 Å². The van der Waals surface area contributed by atoms with Gasteiger partial charge >= 0.3 is 11.9 Å². The van der Waals surface area contributed by atoms with Crippen LogP contribution in [0, 0.1) is 11.8 Å². The predicted molar refractivity (Wildman–Crippen MR) is 86.8 cm³/mol. The Morgan fingerprint density at radius 2 is 0.957 bits per heavy atom. The van der Waals surface area contributed by atoms with Gasteiger partial charge in [-0.3, -0.25) is 9.59 Å². The highest BCUT2D eigenvalue weighted by molar-refractivity contribution is 5.77. The van der Waals surface area contributed by atoms with Crippen molar-refractivity contribution < 1.29 is 19.1 Å². The van der Waals surface area contributed by atoms with Gasteiger partial charge in [-0.15, -0.1) is 0 Å². The molecule has 0 aromatic carbocycles. The van der Waals surface area contributed by atoms with Gasteiger partial charge in [0, 0.05) is 0 Å². The van der Waals surface area contributed by atoms with Crippen molar-refractivity contribution >= 4 is 11.9 Å². The Kier molecular flexibility index (Phi) is 5.96. The maximum absolute atomic E-state index is 12.3. The van der Waals surface area contributed by atoms with Crippen LogP contribution < -0.4 is 0 Å². The smallest absolute Gasteiger partial charge is 0.309 e. The molecule has 23 heavy (non-hydrogen) atoms. The average molecular weight is 322 g/mol. The summed E-state index contributed by atoms with van der Waals surface area (Å²) in [5.74, 6) is -0.351. The number of carbonyl (C=O) groups excluding carboxylic acids is 2. The number of carbonyl (C=O) groups is 2. The molecule has 3 fully saturated rings. The lowest BCUT2D eigenvalue weighted by atomic mass is 9.97. The Morgan fingerprint density at radius 1 is 0.565 bits per heavy atom. The molecule has 0 spiro atoms. The molecule has 4 heteroatoms. The first-order valence-electron chi connectivity index (χ1n) is 9.63. The van der Waals surface area contributed by atoms with Gasteiger partial charge in [0.25, 0.3) is 0 Å². The van der Waals surface area contributed by atoms with Gasteiger partial charge in [-0.25, -0.2) is 0 Å². The summed E-state index contributed by atoms with van der Waals surface area (Å²) >= 11 is 0. The number of rotatable bonds is 4. The molecular weight excluding hydrogens is 292 g/mol. The van der Waals surface area contributed by atoms with Crippen LogP contribution in [0.2, 0.25) is 0 Å². The van der Waals surface area contributed by atoms with E-state index in [2.05, 4.69) is 0 Å². The van der Waals surface area contributed by atoms with Crippen LogP contribution in [0.4, 0.5) is 0 Å². The minimum atomic E-state index is -0.0965. The molecule has 3 saturated carbocycles. The van der Waals surface area contributed by atoms with Crippen LogP contribution >= 0.6 is 0 Å². The average Bonchev–Trinajstić information content (AvgIpc) is 3.07. The third kappa shape index (κ3) is 4.71. The lowest BCUT2D eigenvalue weighted by Gasteiger charge is -2.24. The fourth-order valence-corrected chi connectivity index (χ4v) is 4.30. The Bertz CT molecular complexity index is 370. The van der Waals surface area contributed by atoms with Crippen molar-refractivity contribution in [1.29, 1.82) is 0 Å². The van der Waals surface area contributed by atoms with Crippen LogP contribution in [-0.2, 0) is 19.1 Å². The fraction of sp³-hybridized carbons (Fsp3) is 0.895. The van der Waals surface area contributed by atoms with E-state index >= 15 is 0 Å². The second kappa shape index (κ2) is 8.16. The normalized spacial score (nSPS) is 30.1. The van der Waals surface area contributed by atoms with Crippen molar-refractivity contribution in [2.45, 2.75) is 95.7 Å². The molecule has 4 nitrogen and oxygen atoms in total. The monoisotopic (exact) mass is 322 g/mol. The van der Waals surface area contributed by atoms with E-state index in [-0.39, 0.29) is 36.0 Å². The summed E-state index contributed by atoms with van der Waals surface area (Å²) in [5.41, 5.74) is 0. The standard InChI is InChI=1S/C19H30O4/c20-18(22-16-7-3-1-4-8-16)14-11-12-15(13-14)19(21)23-17-9-5-2-6-10-17/h14-17H,1-13H2. The van der Waals surface area contributed by atoms with Crippen LogP contribution in [0.15, 0.2) is 0 Å². The highest BCUT2D eigenvalue weighted by Crippen LogP contribution is 2.34. The molecule has 2 unspecified atom stereocenters. The molecule has 0 aromatic heterocycles. The first kappa shape index (κ1) is 16.8. The lowest BCUT2D eigenvalue weighted by Crippen LogP contribution is -2.27. The lowest BCUT2D eigenvalue weighted by molar-refractivity contribution is -0.157. The third-order valence-electron chi connectivity index (χ3n) is 5.77. The second-order valence-corrected chi connectivity index (χ2v) is 7.60. The molecule has 0 radical (unpaired) electrons. The minimum Gasteiger partial charge on any atom is -0.462 e. The zero-order valence-electron chi connectivity index (χ0n) is 14.1. The largest absolute Gasteiger partial charge is 0.462 e. The molecule has 3 aliphatic rings. The Labute approximate surface area is 139 Å².